The van der Waals surface area contributed by atoms with Crippen molar-refractivity contribution < 1.29 is 14.4 Å². The normalized spacial score (nSPS) is 22.5. The predicted octanol–water partition coefficient (Wildman–Crippen LogP) is 5.11. The third-order valence-electron chi connectivity index (χ3n) is 5.93. The lowest BCUT2D eigenvalue weighted by Crippen LogP contribution is -2.36. The molecule has 0 radical (unpaired) electrons. The molecule has 0 unspecified atom stereocenters. The molecule has 0 bridgehead atoms. The zero-order valence-electron chi connectivity index (χ0n) is 17.4. The lowest BCUT2D eigenvalue weighted by atomic mass is 9.90. The summed E-state index contributed by atoms with van der Waals surface area (Å²) < 4.78 is 0. The van der Waals surface area contributed by atoms with Gasteiger partial charge in [0.25, 0.3) is 5.91 Å². The van der Waals surface area contributed by atoms with Crippen molar-refractivity contribution in [3.63, 3.8) is 0 Å². The Hall–Kier alpha value is -2.80. The lowest BCUT2D eigenvalue weighted by Gasteiger charge is -2.29. The Labute approximate surface area is 195 Å². The van der Waals surface area contributed by atoms with Crippen LogP contribution in [0.15, 0.2) is 83.8 Å². The number of carbonyl (C=O) groups excluding carboxylic acids is 2. The molecule has 7 heteroatoms. The summed E-state index contributed by atoms with van der Waals surface area (Å²) in [6.07, 6.45) is 1.16. The van der Waals surface area contributed by atoms with Crippen LogP contribution in [0.4, 0.5) is 5.69 Å². The van der Waals surface area contributed by atoms with Crippen LogP contribution in [0.3, 0.4) is 0 Å². The highest BCUT2D eigenvalue weighted by Crippen LogP contribution is 2.47. The Kier molecular flexibility index (Phi) is 5.67. The lowest BCUT2D eigenvalue weighted by molar-refractivity contribution is -0.143. The summed E-state index contributed by atoms with van der Waals surface area (Å²) in [7, 11) is 0. The van der Waals surface area contributed by atoms with E-state index in [1.807, 2.05) is 73.0 Å². The number of hydroxylamine groups is 1. The van der Waals surface area contributed by atoms with Gasteiger partial charge in [-0.2, -0.15) is 0 Å². The number of halogens is 1. The molecule has 2 aliphatic heterocycles. The van der Waals surface area contributed by atoms with E-state index in [1.165, 1.54) is 4.90 Å². The highest BCUT2D eigenvalue weighted by atomic mass is 35.5. The minimum Gasteiger partial charge on any atom is -0.275 e. The van der Waals surface area contributed by atoms with E-state index in [9.17, 15) is 9.59 Å². The van der Waals surface area contributed by atoms with Crippen molar-refractivity contribution in [3.05, 3.63) is 95.0 Å². The molecule has 3 aromatic rings. The number of benzene rings is 3. The van der Waals surface area contributed by atoms with Gasteiger partial charge in [-0.25, -0.2) is 5.06 Å². The highest BCUT2D eigenvalue weighted by molar-refractivity contribution is 7.98. The van der Waals surface area contributed by atoms with Gasteiger partial charge < -0.3 is 0 Å². The number of likely N-dealkylation sites (tertiary alicyclic amines) is 1. The van der Waals surface area contributed by atoms with E-state index in [2.05, 4.69) is 0 Å². The Morgan fingerprint density at radius 1 is 0.906 bits per heavy atom. The maximum atomic E-state index is 13.5. The van der Waals surface area contributed by atoms with Gasteiger partial charge in [0.2, 0.25) is 5.91 Å². The van der Waals surface area contributed by atoms with Crippen LogP contribution < -0.4 is 5.06 Å². The van der Waals surface area contributed by atoms with E-state index in [0.29, 0.717) is 5.02 Å². The second kappa shape index (κ2) is 8.62. The van der Waals surface area contributed by atoms with Crippen LogP contribution in [0, 0.1) is 5.92 Å². The summed E-state index contributed by atoms with van der Waals surface area (Å²) in [6, 6.07) is 24.4. The summed E-state index contributed by atoms with van der Waals surface area (Å²) >= 11 is 7.72. The van der Waals surface area contributed by atoms with Crippen molar-refractivity contribution in [2.45, 2.75) is 23.6 Å². The first-order chi connectivity index (χ1) is 15.6. The molecule has 2 aliphatic rings. The molecule has 2 heterocycles. The molecular formula is C25H21ClN2O3S. The number of imide groups is 1. The van der Waals surface area contributed by atoms with Crippen molar-refractivity contribution in [1.82, 2.24) is 4.90 Å². The third kappa shape index (κ3) is 3.68. The quantitative estimate of drug-likeness (QED) is 0.388. The minimum absolute atomic E-state index is 0.209. The Bertz CT molecular complexity index is 1140. The van der Waals surface area contributed by atoms with Crippen LogP contribution >= 0.6 is 23.4 Å². The van der Waals surface area contributed by atoms with Crippen LogP contribution in [-0.4, -0.2) is 29.1 Å². The molecule has 0 saturated carbocycles. The average molecular weight is 465 g/mol. The van der Waals surface area contributed by atoms with E-state index < -0.39 is 18.1 Å². The molecule has 3 atom stereocenters. The van der Waals surface area contributed by atoms with Crippen LogP contribution in [0.5, 0.6) is 0 Å². The van der Waals surface area contributed by atoms with Gasteiger partial charge in [-0.05, 0) is 53.8 Å². The van der Waals surface area contributed by atoms with Gasteiger partial charge in [0.05, 0.1) is 18.3 Å². The molecule has 0 spiro atoms. The molecule has 162 valence electrons. The molecule has 2 saturated heterocycles. The summed E-state index contributed by atoms with van der Waals surface area (Å²) in [5.74, 6) is -1.13. The number of thioether (sulfide) groups is 1. The zero-order chi connectivity index (χ0) is 22.2. The van der Waals surface area contributed by atoms with Gasteiger partial charge in [-0.15, -0.1) is 11.8 Å². The molecule has 2 fully saturated rings. The molecule has 0 aromatic heterocycles. The maximum Gasteiger partial charge on any atom is 0.262 e. The van der Waals surface area contributed by atoms with E-state index in [-0.39, 0.29) is 18.4 Å². The molecule has 2 amide bonds. The Morgan fingerprint density at radius 3 is 2.25 bits per heavy atom. The van der Waals surface area contributed by atoms with Gasteiger partial charge in [0, 0.05) is 9.92 Å². The zero-order valence-corrected chi connectivity index (χ0v) is 18.9. The SMILES string of the molecule is CSc1ccc([C@H]2[C@H]3C(=O)N(Cc4ccccc4)C(=O)[C@@H]3ON2c2ccc(Cl)cc2)cc1. The number of rotatable bonds is 5. The van der Waals surface area contributed by atoms with Crippen LogP contribution in [0.2, 0.25) is 5.02 Å². The maximum absolute atomic E-state index is 13.5. The van der Waals surface area contributed by atoms with Crippen LogP contribution in [0.25, 0.3) is 0 Å². The molecular weight excluding hydrogens is 444 g/mol. The monoisotopic (exact) mass is 464 g/mol. The molecule has 32 heavy (non-hydrogen) atoms. The second-order valence-corrected chi connectivity index (χ2v) is 9.14. The van der Waals surface area contributed by atoms with E-state index in [0.717, 1.165) is 21.7 Å². The first-order valence-electron chi connectivity index (χ1n) is 10.3. The highest BCUT2D eigenvalue weighted by Gasteiger charge is 2.59. The standard InChI is InChI=1S/C25H21ClN2O3S/c1-32-20-13-7-17(8-14-20)22-21-23(31-28(22)19-11-9-18(26)10-12-19)25(30)27(24(21)29)15-16-5-3-2-4-6-16/h2-14,21-23H,15H2,1H3/t21-,22+,23-/m1/s1. The number of nitrogens with zero attached hydrogens (tertiary/aromatic N) is 2. The number of amides is 2. The largest absolute Gasteiger partial charge is 0.275 e. The van der Waals surface area contributed by atoms with E-state index in [1.54, 1.807) is 29.0 Å². The fourth-order valence-corrected chi connectivity index (χ4v) is 4.88. The molecule has 0 aliphatic carbocycles. The van der Waals surface area contributed by atoms with Gasteiger partial charge in [-0.3, -0.25) is 19.3 Å². The number of hydrogen-bond acceptors (Lipinski definition) is 5. The Balaban J connectivity index is 1.52. The number of anilines is 1. The summed E-state index contributed by atoms with van der Waals surface area (Å²) in [4.78, 5) is 35.4. The summed E-state index contributed by atoms with van der Waals surface area (Å²) in [6.45, 7) is 0.244. The van der Waals surface area contributed by atoms with Crippen LogP contribution in [0.1, 0.15) is 17.2 Å². The second-order valence-electron chi connectivity index (χ2n) is 7.82. The number of carbonyl (C=O) groups is 2. The number of hydrogen-bond donors (Lipinski definition) is 0. The average Bonchev–Trinajstić information content (AvgIpc) is 3.32. The first kappa shape index (κ1) is 21.1. The third-order valence-corrected chi connectivity index (χ3v) is 6.92. The van der Waals surface area contributed by atoms with Crippen molar-refractivity contribution >= 4 is 40.9 Å². The fourth-order valence-electron chi connectivity index (χ4n) is 4.35. The molecule has 3 aromatic carbocycles. The van der Waals surface area contributed by atoms with Gasteiger partial charge in [-0.1, -0.05) is 54.1 Å². The molecule has 5 rings (SSSR count). The summed E-state index contributed by atoms with van der Waals surface area (Å²) in [5.41, 5.74) is 2.58. The van der Waals surface area contributed by atoms with Gasteiger partial charge >= 0.3 is 0 Å². The predicted molar refractivity (Wildman–Crippen MR) is 125 cm³/mol. The van der Waals surface area contributed by atoms with Crippen molar-refractivity contribution in [1.29, 1.82) is 0 Å². The Morgan fingerprint density at radius 2 is 1.59 bits per heavy atom. The minimum atomic E-state index is -0.855. The molecule has 0 N–H and O–H groups in total. The van der Waals surface area contributed by atoms with Crippen molar-refractivity contribution in [3.8, 4) is 0 Å². The van der Waals surface area contributed by atoms with Gasteiger partial charge in [0.15, 0.2) is 6.10 Å². The topological polar surface area (TPSA) is 49.9 Å². The van der Waals surface area contributed by atoms with Gasteiger partial charge in [0.1, 0.15) is 5.92 Å². The molecule has 5 nitrogen and oxygen atoms in total. The van der Waals surface area contributed by atoms with E-state index >= 15 is 0 Å². The smallest absolute Gasteiger partial charge is 0.262 e. The first-order valence-corrected chi connectivity index (χ1v) is 11.9. The van der Waals surface area contributed by atoms with Crippen molar-refractivity contribution in [2.75, 3.05) is 11.3 Å². The van der Waals surface area contributed by atoms with Crippen molar-refractivity contribution in [2.24, 2.45) is 5.92 Å². The summed E-state index contributed by atoms with van der Waals surface area (Å²) in [5, 5.41) is 2.30. The number of fused-ring (bicyclic) bond motifs is 1. The fraction of sp³-hybridized carbons (Fsp3) is 0.200. The van der Waals surface area contributed by atoms with Crippen LogP contribution in [-0.2, 0) is 21.0 Å². The van der Waals surface area contributed by atoms with E-state index in [4.69, 9.17) is 16.4 Å².